The van der Waals surface area contributed by atoms with Crippen LogP contribution in [0.15, 0.2) is 16.6 Å². The Morgan fingerprint density at radius 3 is 2.57 bits per heavy atom. The highest BCUT2D eigenvalue weighted by molar-refractivity contribution is 9.10. The van der Waals surface area contributed by atoms with E-state index in [1.807, 2.05) is 0 Å². The molecule has 0 saturated carbocycles. The van der Waals surface area contributed by atoms with Crippen molar-refractivity contribution in [3.63, 3.8) is 0 Å². The van der Waals surface area contributed by atoms with E-state index in [4.69, 9.17) is 4.74 Å². The van der Waals surface area contributed by atoms with Crippen LogP contribution >= 0.6 is 15.9 Å². The summed E-state index contributed by atoms with van der Waals surface area (Å²) in [6, 6.07) is 2.67. The maximum Gasteiger partial charge on any atom is 0.344 e. The fraction of sp³-hybridized carbons (Fsp3) is 0.222. The zero-order chi connectivity index (χ0) is 10.7. The molecule has 0 heterocycles. The minimum atomic E-state index is -0.758. The van der Waals surface area contributed by atoms with Gasteiger partial charge in [-0.25, -0.2) is 9.18 Å². The van der Waals surface area contributed by atoms with Gasteiger partial charge in [-0.15, -0.1) is 0 Å². The second-order valence-electron chi connectivity index (χ2n) is 2.46. The third-order valence-electron chi connectivity index (χ3n) is 1.63. The molecule has 0 atom stereocenters. The van der Waals surface area contributed by atoms with E-state index in [-0.39, 0.29) is 11.3 Å². The van der Waals surface area contributed by atoms with E-state index < -0.39 is 11.8 Å². The first kappa shape index (κ1) is 11.0. The Morgan fingerprint density at radius 2 is 2.07 bits per heavy atom. The fourth-order valence-electron chi connectivity index (χ4n) is 1.01. The maximum absolute atomic E-state index is 13.3. The molecule has 0 amide bonds. The zero-order valence-corrected chi connectivity index (χ0v) is 9.22. The van der Waals surface area contributed by atoms with Gasteiger partial charge in [0.15, 0.2) is 0 Å². The molecule has 14 heavy (non-hydrogen) atoms. The molecule has 0 aliphatic heterocycles. The van der Waals surface area contributed by atoms with Crippen molar-refractivity contribution < 1.29 is 18.7 Å². The summed E-state index contributed by atoms with van der Waals surface area (Å²) in [5.74, 6) is -1.29. The molecular weight excluding hydrogens is 255 g/mol. The Morgan fingerprint density at radius 1 is 1.43 bits per heavy atom. The third kappa shape index (κ3) is 2.04. The molecule has 5 heteroatoms. The predicted molar refractivity (Wildman–Crippen MR) is 52.0 cm³/mol. The summed E-state index contributed by atoms with van der Waals surface area (Å²) in [4.78, 5) is 11.2. The highest BCUT2D eigenvalue weighted by Gasteiger charge is 2.19. The first-order valence-corrected chi connectivity index (χ1v) is 4.50. The Labute approximate surface area is 88.9 Å². The average molecular weight is 263 g/mol. The summed E-state index contributed by atoms with van der Waals surface area (Å²) >= 11 is 3.09. The van der Waals surface area contributed by atoms with Crippen molar-refractivity contribution in [2.45, 2.75) is 0 Å². The molecule has 1 rings (SSSR count). The lowest BCUT2D eigenvalue weighted by Gasteiger charge is -2.07. The van der Waals surface area contributed by atoms with Crippen molar-refractivity contribution in [1.29, 1.82) is 0 Å². The molecule has 0 aliphatic carbocycles. The van der Waals surface area contributed by atoms with Crippen LogP contribution in [0.3, 0.4) is 0 Å². The number of halogens is 2. The van der Waals surface area contributed by atoms with E-state index in [0.29, 0.717) is 4.47 Å². The van der Waals surface area contributed by atoms with Gasteiger partial charge in [-0.1, -0.05) is 15.9 Å². The maximum atomic E-state index is 13.3. The van der Waals surface area contributed by atoms with Gasteiger partial charge in [-0.3, -0.25) is 0 Å². The minimum absolute atomic E-state index is 0.142. The number of esters is 1. The first-order valence-electron chi connectivity index (χ1n) is 3.71. The lowest BCUT2D eigenvalue weighted by Crippen LogP contribution is -2.07. The van der Waals surface area contributed by atoms with Gasteiger partial charge in [0.05, 0.1) is 14.2 Å². The number of methoxy groups -OCH3 is 2. The van der Waals surface area contributed by atoms with E-state index in [0.717, 1.165) is 0 Å². The molecule has 0 saturated heterocycles. The second-order valence-corrected chi connectivity index (χ2v) is 3.37. The standard InChI is InChI=1S/C9H8BrFO3/c1-13-7-4-5(10)3-6(11)8(7)9(12)14-2/h3-4H,1-2H3. The number of hydrogen-bond acceptors (Lipinski definition) is 3. The van der Waals surface area contributed by atoms with Crippen molar-refractivity contribution in [2.75, 3.05) is 14.2 Å². The quantitative estimate of drug-likeness (QED) is 0.768. The zero-order valence-electron chi connectivity index (χ0n) is 7.64. The van der Waals surface area contributed by atoms with Gasteiger partial charge >= 0.3 is 5.97 Å². The van der Waals surface area contributed by atoms with Crippen LogP contribution in [-0.4, -0.2) is 20.2 Å². The Balaban J connectivity index is 3.32. The molecule has 0 aliphatic rings. The minimum Gasteiger partial charge on any atom is -0.496 e. The number of ether oxygens (including phenoxy) is 2. The van der Waals surface area contributed by atoms with Crippen molar-refractivity contribution in [3.8, 4) is 5.75 Å². The molecule has 0 spiro atoms. The second kappa shape index (κ2) is 4.41. The van der Waals surface area contributed by atoms with Crippen LogP contribution in [0.5, 0.6) is 5.75 Å². The molecular formula is C9H8BrFO3. The van der Waals surface area contributed by atoms with Crippen LogP contribution in [0.2, 0.25) is 0 Å². The van der Waals surface area contributed by atoms with E-state index in [9.17, 15) is 9.18 Å². The smallest absolute Gasteiger partial charge is 0.344 e. The molecule has 0 bridgehead atoms. The molecule has 0 unspecified atom stereocenters. The molecule has 1 aromatic carbocycles. The molecule has 1 aromatic rings. The number of carbonyl (C=O) groups excluding carboxylic acids is 1. The van der Waals surface area contributed by atoms with E-state index in [1.165, 1.54) is 26.4 Å². The first-order chi connectivity index (χ1) is 6.60. The monoisotopic (exact) mass is 262 g/mol. The molecule has 0 aromatic heterocycles. The van der Waals surface area contributed by atoms with Gasteiger partial charge < -0.3 is 9.47 Å². The third-order valence-corrected chi connectivity index (χ3v) is 2.09. The summed E-state index contributed by atoms with van der Waals surface area (Å²) in [5.41, 5.74) is -0.196. The number of benzene rings is 1. The summed E-state index contributed by atoms with van der Waals surface area (Å²) in [6.45, 7) is 0. The Hall–Kier alpha value is -1.10. The molecule has 0 fully saturated rings. The van der Waals surface area contributed by atoms with E-state index in [1.54, 1.807) is 0 Å². The highest BCUT2D eigenvalue weighted by Crippen LogP contribution is 2.27. The van der Waals surface area contributed by atoms with Crippen LogP contribution in [0.25, 0.3) is 0 Å². The molecule has 0 radical (unpaired) electrons. The largest absolute Gasteiger partial charge is 0.496 e. The molecule has 76 valence electrons. The van der Waals surface area contributed by atoms with Crippen LogP contribution in [0.4, 0.5) is 4.39 Å². The summed E-state index contributed by atoms with van der Waals surface area (Å²) < 4.78 is 23.1. The van der Waals surface area contributed by atoms with Crippen LogP contribution in [0.1, 0.15) is 10.4 Å². The molecule has 3 nitrogen and oxygen atoms in total. The van der Waals surface area contributed by atoms with Crippen LogP contribution in [-0.2, 0) is 4.74 Å². The number of carbonyl (C=O) groups is 1. The van der Waals surface area contributed by atoms with Gasteiger partial charge in [-0.05, 0) is 12.1 Å². The summed E-state index contributed by atoms with van der Waals surface area (Å²) in [5, 5.41) is 0. The summed E-state index contributed by atoms with van der Waals surface area (Å²) in [7, 11) is 2.54. The summed E-state index contributed by atoms with van der Waals surface area (Å²) in [6.07, 6.45) is 0. The highest BCUT2D eigenvalue weighted by atomic mass is 79.9. The van der Waals surface area contributed by atoms with Crippen molar-refractivity contribution in [1.82, 2.24) is 0 Å². The lowest BCUT2D eigenvalue weighted by molar-refractivity contribution is 0.0591. The van der Waals surface area contributed by atoms with Gasteiger partial charge in [0.25, 0.3) is 0 Å². The van der Waals surface area contributed by atoms with Crippen molar-refractivity contribution in [3.05, 3.63) is 28.0 Å². The van der Waals surface area contributed by atoms with Gasteiger partial charge in [0, 0.05) is 4.47 Å². The molecule has 0 N–H and O–H groups in total. The number of hydrogen-bond donors (Lipinski definition) is 0. The Bertz CT molecular complexity index is 365. The van der Waals surface area contributed by atoms with Crippen molar-refractivity contribution >= 4 is 21.9 Å². The lowest BCUT2D eigenvalue weighted by atomic mass is 10.2. The van der Waals surface area contributed by atoms with Gasteiger partial charge in [0.2, 0.25) is 0 Å². The van der Waals surface area contributed by atoms with E-state index in [2.05, 4.69) is 20.7 Å². The van der Waals surface area contributed by atoms with Gasteiger partial charge in [0.1, 0.15) is 17.1 Å². The predicted octanol–water partition coefficient (Wildman–Crippen LogP) is 2.38. The van der Waals surface area contributed by atoms with E-state index >= 15 is 0 Å². The van der Waals surface area contributed by atoms with Crippen LogP contribution < -0.4 is 4.74 Å². The van der Waals surface area contributed by atoms with Crippen molar-refractivity contribution in [2.24, 2.45) is 0 Å². The van der Waals surface area contributed by atoms with Gasteiger partial charge in [-0.2, -0.15) is 0 Å². The number of rotatable bonds is 2. The fourth-order valence-corrected chi connectivity index (χ4v) is 1.42. The SMILES string of the molecule is COC(=O)c1c(F)cc(Br)cc1OC. The Kier molecular flexibility index (Phi) is 3.46. The average Bonchev–Trinajstić information content (AvgIpc) is 2.15. The topological polar surface area (TPSA) is 35.5 Å². The normalized spacial score (nSPS) is 9.71. The van der Waals surface area contributed by atoms with Crippen LogP contribution in [0, 0.1) is 5.82 Å².